The van der Waals surface area contributed by atoms with Crippen molar-refractivity contribution >= 4 is 22.6 Å². The molecule has 1 aromatic carbocycles. The molecule has 18 heavy (non-hydrogen) atoms. The number of aryl methyl sites for hydroxylation is 1. The number of nitrogens with zero attached hydrogens (tertiary/aromatic N) is 1. The number of carboxylic acids is 1. The Bertz CT molecular complexity index is 599. The maximum Gasteiger partial charge on any atom is 0.328 e. The first kappa shape index (κ1) is 12.2. The number of carboxylic acid groups (broad SMARTS) is 1. The minimum Gasteiger partial charge on any atom is -0.478 e. The lowest BCUT2D eigenvalue weighted by Crippen LogP contribution is -2.17. The fourth-order valence-corrected chi connectivity index (χ4v) is 2.16. The highest BCUT2D eigenvalue weighted by Crippen LogP contribution is 2.29. The lowest BCUT2D eigenvalue weighted by molar-refractivity contribution is -0.131. The van der Waals surface area contributed by atoms with Crippen LogP contribution in [0.25, 0.3) is 10.9 Å². The Morgan fingerprint density at radius 2 is 2.17 bits per heavy atom. The van der Waals surface area contributed by atoms with Gasteiger partial charge in [0.1, 0.15) is 0 Å². The van der Waals surface area contributed by atoms with Crippen molar-refractivity contribution in [3.05, 3.63) is 42.1 Å². The Morgan fingerprint density at radius 3 is 2.89 bits per heavy atom. The van der Waals surface area contributed by atoms with Gasteiger partial charge < -0.3 is 15.0 Å². The molecule has 0 atom stereocenters. The number of fused-ring (bicyclic) bond motifs is 1. The number of nitrogens with one attached hydrogen (secondary N) is 1. The molecule has 2 rings (SSSR count). The first-order valence-electron chi connectivity index (χ1n) is 5.77. The molecule has 4 nitrogen and oxygen atoms in total. The van der Waals surface area contributed by atoms with E-state index < -0.39 is 5.97 Å². The van der Waals surface area contributed by atoms with Crippen LogP contribution in [0.5, 0.6) is 0 Å². The third-order valence-corrected chi connectivity index (χ3v) is 2.88. The van der Waals surface area contributed by atoms with Crippen LogP contribution in [0.4, 0.5) is 5.69 Å². The monoisotopic (exact) mass is 244 g/mol. The van der Waals surface area contributed by atoms with Gasteiger partial charge in [-0.1, -0.05) is 24.3 Å². The summed E-state index contributed by atoms with van der Waals surface area (Å²) in [5.74, 6) is -0.918. The van der Waals surface area contributed by atoms with Crippen molar-refractivity contribution in [3.63, 3.8) is 0 Å². The van der Waals surface area contributed by atoms with Gasteiger partial charge in [0.15, 0.2) is 0 Å². The van der Waals surface area contributed by atoms with Crippen LogP contribution in [0.3, 0.4) is 0 Å². The predicted octanol–water partition coefficient (Wildman–Crippen LogP) is 2.55. The number of H-pyrrole nitrogens is 1. The first-order valence-corrected chi connectivity index (χ1v) is 5.77. The fourth-order valence-electron chi connectivity index (χ4n) is 2.16. The molecule has 94 valence electrons. The van der Waals surface area contributed by atoms with E-state index in [1.807, 2.05) is 37.1 Å². The molecule has 0 unspecified atom stereocenters. The van der Waals surface area contributed by atoms with E-state index >= 15 is 0 Å². The molecule has 0 aliphatic heterocycles. The van der Waals surface area contributed by atoms with E-state index in [0.717, 1.165) is 22.3 Å². The summed E-state index contributed by atoms with van der Waals surface area (Å²) in [5, 5.41) is 9.73. The maximum absolute atomic E-state index is 10.4. The molecule has 1 aromatic heterocycles. The van der Waals surface area contributed by atoms with Gasteiger partial charge in [-0.05, 0) is 13.0 Å². The molecule has 0 aliphatic rings. The molecule has 0 amide bonds. The molecule has 4 heteroatoms. The van der Waals surface area contributed by atoms with Crippen LogP contribution in [0, 0.1) is 6.92 Å². The SMILES string of the molecule is Cc1[nH]c2ccccc2c1N(C)C/C=C/C(=O)O. The molecule has 0 saturated heterocycles. The zero-order chi connectivity index (χ0) is 13.1. The smallest absolute Gasteiger partial charge is 0.328 e. The first-order chi connectivity index (χ1) is 8.59. The van der Waals surface area contributed by atoms with Crippen LogP contribution >= 0.6 is 0 Å². The van der Waals surface area contributed by atoms with E-state index in [4.69, 9.17) is 5.11 Å². The van der Waals surface area contributed by atoms with Gasteiger partial charge >= 0.3 is 5.97 Å². The molecule has 0 spiro atoms. The lowest BCUT2D eigenvalue weighted by atomic mass is 10.2. The summed E-state index contributed by atoms with van der Waals surface area (Å²) in [4.78, 5) is 15.8. The summed E-state index contributed by atoms with van der Waals surface area (Å²) in [7, 11) is 1.95. The summed E-state index contributed by atoms with van der Waals surface area (Å²) in [5.41, 5.74) is 3.29. The van der Waals surface area contributed by atoms with Crippen molar-refractivity contribution in [2.45, 2.75) is 6.92 Å². The van der Waals surface area contributed by atoms with Crippen molar-refractivity contribution in [2.24, 2.45) is 0 Å². The van der Waals surface area contributed by atoms with Crippen molar-refractivity contribution in [1.29, 1.82) is 0 Å². The molecule has 0 fully saturated rings. The van der Waals surface area contributed by atoms with Gasteiger partial charge in [0.25, 0.3) is 0 Å². The zero-order valence-electron chi connectivity index (χ0n) is 10.5. The number of hydrogen-bond donors (Lipinski definition) is 2. The summed E-state index contributed by atoms with van der Waals surface area (Å²) >= 11 is 0. The Labute approximate surface area is 106 Å². The Balaban J connectivity index is 2.29. The molecular weight excluding hydrogens is 228 g/mol. The van der Waals surface area contributed by atoms with Gasteiger partial charge in [-0.25, -0.2) is 4.79 Å². The standard InChI is InChI=1S/C14H16N2O2/c1-10-14(16(2)9-5-8-13(17)18)11-6-3-4-7-12(11)15-10/h3-8,15H,9H2,1-2H3,(H,17,18)/b8-5+. The van der Waals surface area contributed by atoms with E-state index in [1.54, 1.807) is 6.08 Å². The van der Waals surface area contributed by atoms with Crippen molar-refractivity contribution in [1.82, 2.24) is 4.98 Å². The second-order valence-corrected chi connectivity index (χ2v) is 4.27. The highest BCUT2D eigenvalue weighted by molar-refractivity contribution is 5.94. The number of aromatic amines is 1. The number of para-hydroxylation sites is 1. The minimum atomic E-state index is -0.918. The summed E-state index contributed by atoms with van der Waals surface area (Å²) in [6.45, 7) is 2.59. The maximum atomic E-state index is 10.4. The van der Waals surface area contributed by atoms with Crippen LogP contribution in [0.15, 0.2) is 36.4 Å². The summed E-state index contributed by atoms with van der Waals surface area (Å²) in [6.07, 6.45) is 2.81. The number of benzene rings is 1. The summed E-state index contributed by atoms with van der Waals surface area (Å²) in [6, 6.07) is 8.09. The van der Waals surface area contributed by atoms with Crippen LogP contribution in [0.1, 0.15) is 5.69 Å². The van der Waals surface area contributed by atoms with E-state index in [1.165, 1.54) is 6.08 Å². The quantitative estimate of drug-likeness (QED) is 0.813. The third-order valence-electron chi connectivity index (χ3n) is 2.88. The van der Waals surface area contributed by atoms with E-state index in [9.17, 15) is 4.79 Å². The second-order valence-electron chi connectivity index (χ2n) is 4.27. The average molecular weight is 244 g/mol. The second kappa shape index (κ2) is 4.96. The Hall–Kier alpha value is -2.23. The van der Waals surface area contributed by atoms with Crippen molar-refractivity contribution in [2.75, 3.05) is 18.5 Å². The van der Waals surface area contributed by atoms with E-state index in [2.05, 4.69) is 11.1 Å². The van der Waals surface area contributed by atoms with Gasteiger partial charge in [-0.3, -0.25) is 0 Å². The van der Waals surface area contributed by atoms with Gasteiger partial charge in [0.05, 0.1) is 5.69 Å². The van der Waals surface area contributed by atoms with E-state index in [-0.39, 0.29) is 0 Å². The number of likely N-dealkylation sites (N-methyl/N-ethyl adjacent to an activating group) is 1. The van der Waals surface area contributed by atoms with Crippen LogP contribution < -0.4 is 4.90 Å². The fraction of sp³-hybridized carbons (Fsp3) is 0.214. The number of rotatable bonds is 4. The van der Waals surface area contributed by atoms with Crippen LogP contribution in [-0.4, -0.2) is 29.7 Å². The lowest BCUT2D eigenvalue weighted by Gasteiger charge is -2.17. The zero-order valence-corrected chi connectivity index (χ0v) is 10.5. The largest absolute Gasteiger partial charge is 0.478 e. The normalized spacial score (nSPS) is 11.2. The molecule has 0 bridgehead atoms. The van der Waals surface area contributed by atoms with Crippen molar-refractivity contribution < 1.29 is 9.90 Å². The number of aromatic nitrogens is 1. The molecule has 0 saturated carbocycles. The number of anilines is 1. The molecule has 2 aromatic rings. The molecular formula is C14H16N2O2. The summed E-state index contributed by atoms with van der Waals surface area (Å²) < 4.78 is 0. The highest BCUT2D eigenvalue weighted by atomic mass is 16.4. The molecule has 1 heterocycles. The van der Waals surface area contributed by atoms with E-state index in [0.29, 0.717) is 6.54 Å². The van der Waals surface area contributed by atoms with Crippen LogP contribution in [-0.2, 0) is 4.79 Å². The number of carbonyl (C=O) groups is 1. The molecule has 2 N–H and O–H groups in total. The molecule has 0 radical (unpaired) electrons. The topological polar surface area (TPSA) is 56.3 Å². The van der Waals surface area contributed by atoms with Gasteiger partial charge in [-0.15, -0.1) is 0 Å². The number of hydrogen-bond acceptors (Lipinski definition) is 2. The van der Waals surface area contributed by atoms with Gasteiger partial charge in [-0.2, -0.15) is 0 Å². The van der Waals surface area contributed by atoms with Crippen LogP contribution in [0.2, 0.25) is 0 Å². The van der Waals surface area contributed by atoms with Gasteiger partial charge in [0.2, 0.25) is 0 Å². The third kappa shape index (κ3) is 2.37. The Kier molecular flexibility index (Phi) is 3.37. The van der Waals surface area contributed by atoms with Gasteiger partial charge in [0, 0.05) is 36.3 Å². The average Bonchev–Trinajstić information content (AvgIpc) is 2.64. The minimum absolute atomic E-state index is 0.564. The Morgan fingerprint density at radius 1 is 1.44 bits per heavy atom. The predicted molar refractivity (Wildman–Crippen MR) is 73.1 cm³/mol. The highest BCUT2D eigenvalue weighted by Gasteiger charge is 2.10. The number of aliphatic carboxylic acids is 1. The van der Waals surface area contributed by atoms with Crippen molar-refractivity contribution in [3.8, 4) is 0 Å². The molecule has 0 aliphatic carbocycles.